The fourth-order valence-electron chi connectivity index (χ4n) is 2.87. The third-order valence-electron chi connectivity index (χ3n) is 4.06. The van der Waals surface area contributed by atoms with Crippen molar-refractivity contribution >= 4 is 40.0 Å². The van der Waals surface area contributed by atoms with Crippen molar-refractivity contribution in [2.24, 2.45) is 0 Å². The number of nitrogens with one attached hydrogen (secondary N) is 2. The first-order chi connectivity index (χ1) is 11.2. The molecule has 1 aliphatic carbocycles. The molecule has 0 bridgehead atoms. The lowest BCUT2D eigenvalue weighted by molar-refractivity contribution is 0.0943. The molecule has 1 saturated carbocycles. The molecule has 2 heterocycles. The number of fused-ring (bicyclic) bond motifs is 1. The van der Waals surface area contributed by atoms with Gasteiger partial charge in [0, 0.05) is 31.5 Å². The fourth-order valence-corrected chi connectivity index (χ4v) is 3.17. The van der Waals surface area contributed by atoms with Gasteiger partial charge in [-0.15, -0.1) is 17.5 Å². The van der Waals surface area contributed by atoms with E-state index in [0.29, 0.717) is 18.4 Å². The smallest absolute Gasteiger partial charge is 0.291 e. The van der Waals surface area contributed by atoms with Crippen LogP contribution in [0.25, 0.3) is 5.78 Å². The van der Waals surface area contributed by atoms with E-state index in [4.69, 9.17) is 0 Å². The quantitative estimate of drug-likeness (QED) is 0.576. The minimum Gasteiger partial charge on any atom is -0.348 e. The number of carbonyl (C=O) groups excluding carboxylic acids is 1. The molecule has 0 radical (unpaired) electrons. The molecule has 3 rings (SSSR count). The second kappa shape index (κ2) is 9.29. The number of halogens is 2. The number of hydrogen-bond acceptors (Lipinski definition) is 5. The molecule has 7 nitrogen and oxygen atoms in total. The summed E-state index contributed by atoms with van der Waals surface area (Å²) >= 11 is 3.31. The summed E-state index contributed by atoms with van der Waals surface area (Å²) in [5.41, 5.74) is 0. The molecule has 0 saturated heterocycles. The van der Waals surface area contributed by atoms with Crippen LogP contribution in [0.2, 0.25) is 0 Å². The Morgan fingerprint density at radius 3 is 2.75 bits per heavy atom. The molecule has 24 heavy (non-hydrogen) atoms. The van der Waals surface area contributed by atoms with Crippen molar-refractivity contribution in [3.63, 3.8) is 0 Å². The topological polar surface area (TPSA) is 84.2 Å². The first-order valence-corrected chi connectivity index (χ1v) is 8.91. The lowest BCUT2D eigenvalue weighted by Gasteiger charge is -2.15. The lowest BCUT2D eigenvalue weighted by atomic mass is 10.1. The van der Waals surface area contributed by atoms with E-state index >= 15 is 0 Å². The number of hydrogen-bond donors (Lipinski definition) is 2. The third-order valence-corrected chi connectivity index (χ3v) is 4.47. The molecule has 0 unspecified atom stereocenters. The maximum atomic E-state index is 12.1. The molecule has 9 heteroatoms. The molecule has 1 aliphatic rings. The van der Waals surface area contributed by atoms with Gasteiger partial charge in [0.25, 0.3) is 11.7 Å². The Morgan fingerprint density at radius 2 is 2.00 bits per heavy atom. The van der Waals surface area contributed by atoms with Crippen molar-refractivity contribution in [2.45, 2.75) is 44.6 Å². The van der Waals surface area contributed by atoms with Crippen LogP contribution in [0.1, 0.15) is 49.1 Å². The predicted molar refractivity (Wildman–Crippen MR) is 97.6 cm³/mol. The lowest BCUT2D eigenvalue weighted by Crippen LogP contribution is -2.37. The Morgan fingerprint density at radius 1 is 1.25 bits per heavy atom. The van der Waals surface area contributed by atoms with Gasteiger partial charge in [-0.2, -0.15) is 4.98 Å². The Labute approximate surface area is 155 Å². The highest BCUT2D eigenvalue weighted by molar-refractivity contribution is 9.10. The van der Waals surface area contributed by atoms with Gasteiger partial charge < -0.3 is 10.6 Å². The highest BCUT2D eigenvalue weighted by Gasteiger charge is 2.14. The van der Waals surface area contributed by atoms with Crippen LogP contribution in [0.3, 0.4) is 0 Å². The first-order valence-electron chi connectivity index (χ1n) is 8.12. The minimum absolute atomic E-state index is 0. The van der Waals surface area contributed by atoms with Crippen LogP contribution in [-0.4, -0.2) is 44.6 Å². The molecule has 0 spiro atoms. The highest BCUT2D eigenvalue weighted by Crippen LogP contribution is 2.16. The second-order valence-electron chi connectivity index (χ2n) is 5.85. The van der Waals surface area contributed by atoms with Gasteiger partial charge in [0.2, 0.25) is 5.82 Å². The summed E-state index contributed by atoms with van der Waals surface area (Å²) in [6, 6.07) is 0.587. The maximum absolute atomic E-state index is 12.1. The molecular weight excluding hydrogens is 396 g/mol. The van der Waals surface area contributed by atoms with E-state index in [2.05, 4.69) is 41.6 Å². The number of amides is 1. The van der Waals surface area contributed by atoms with Crippen molar-refractivity contribution in [1.29, 1.82) is 0 Å². The van der Waals surface area contributed by atoms with Gasteiger partial charge in [-0.3, -0.25) is 4.79 Å². The zero-order chi connectivity index (χ0) is 16.1. The molecule has 1 amide bonds. The zero-order valence-electron chi connectivity index (χ0n) is 13.4. The van der Waals surface area contributed by atoms with Gasteiger partial charge in [0.05, 0.1) is 4.47 Å². The SMILES string of the molecule is Cl.O=C(NCCNC1CCCCCC1)c1nc2ncc(Br)cn2n1. The summed E-state index contributed by atoms with van der Waals surface area (Å²) in [5, 5.41) is 10.5. The number of nitrogens with zero attached hydrogens (tertiary/aromatic N) is 4. The number of aromatic nitrogens is 4. The second-order valence-corrected chi connectivity index (χ2v) is 6.77. The Kier molecular flexibility index (Phi) is 7.39. The summed E-state index contributed by atoms with van der Waals surface area (Å²) in [5.74, 6) is 0.286. The fraction of sp³-hybridized carbons (Fsp3) is 0.600. The Bertz CT molecular complexity index is 671. The standard InChI is InChI=1S/C15H21BrN6O.ClH/c16-11-9-19-15-20-13(21-22(15)10-11)14(23)18-8-7-17-12-5-3-1-2-4-6-12;/h9-10,12,17H,1-8H2,(H,18,23);1H. The average Bonchev–Trinajstić information content (AvgIpc) is 2.79. The summed E-state index contributed by atoms with van der Waals surface area (Å²) in [7, 11) is 0. The van der Waals surface area contributed by atoms with E-state index in [1.807, 2.05) is 0 Å². The van der Waals surface area contributed by atoms with Gasteiger partial charge in [-0.05, 0) is 28.8 Å². The van der Waals surface area contributed by atoms with Crippen molar-refractivity contribution in [2.75, 3.05) is 13.1 Å². The molecule has 132 valence electrons. The molecule has 2 N–H and O–H groups in total. The number of rotatable bonds is 5. The molecule has 2 aromatic rings. The van der Waals surface area contributed by atoms with Crippen LogP contribution < -0.4 is 10.6 Å². The van der Waals surface area contributed by atoms with Crippen molar-refractivity contribution in [3.8, 4) is 0 Å². The van der Waals surface area contributed by atoms with E-state index in [1.165, 1.54) is 43.0 Å². The van der Waals surface area contributed by atoms with Gasteiger partial charge in [-0.25, -0.2) is 9.50 Å². The minimum atomic E-state index is -0.269. The molecular formula is C15H22BrClN6O. The van der Waals surface area contributed by atoms with Crippen LogP contribution in [-0.2, 0) is 0 Å². The molecule has 1 fully saturated rings. The molecule has 0 aromatic carbocycles. The van der Waals surface area contributed by atoms with Gasteiger partial charge in [0.1, 0.15) is 0 Å². The van der Waals surface area contributed by atoms with E-state index in [0.717, 1.165) is 11.0 Å². The average molecular weight is 418 g/mol. The number of carbonyl (C=O) groups is 1. The predicted octanol–water partition coefficient (Wildman–Crippen LogP) is 2.35. The molecule has 2 aromatic heterocycles. The van der Waals surface area contributed by atoms with Crippen LogP contribution in [0.5, 0.6) is 0 Å². The van der Waals surface area contributed by atoms with Crippen LogP contribution >= 0.6 is 28.3 Å². The van der Waals surface area contributed by atoms with E-state index < -0.39 is 0 Å². The molecule has 0 atom stereocenters. The van der Waals surface area contributed by atoms with E-state index in [9.17, 15) is 4.79 Å². The van der Waals surface area contributed by atoms with Crippen LogP contribution in [0, 0.1) is 0 Å². The molecule has 0 aliphatic heterocycles. The van der Waals surface area contributed by atoms with Gasteiger partial charge in [-0.1, -0.05) is 25.7 Å². The van der Waals surface area contributed by atoms with Crippen molar-refractivity contribution in [3.05, 3.63) is 22.7 Å². The van der Waals surface area contributed by atoms with Crippen molar-refractivity contribution < 1.29 is 4.79 Å². The van der Waals surface area contributed by atoms with Crippen LogP contribution in [0.4, 0.5) is 0 Å². The van der Waals surface area contributed by atoms with Gasteiger partial charge >= 0.3 is 0 Å². The Balaban J connectivity index is 0.00000208. The van der Waals surface area contributed by atoms with E-state index in [-0.39, 0.29) is 24.1 Å². The Hall–Kier alpha value is -1.25. The normalized spacial score (nSPS) is 15.7. The highest BCUT2D eigenvalue weighted by atomic mass is 79.9. The summed E-state index contributed by atoms with van der Waals surface area (Å²) in [6.07, 6.45) is 11.1. The summed E-state index contributed by atoms with van der Waals surface area (Å²) < 4.78 is 2.28. The van der Waals surface area contributed by atoms with Crippen LogP contribution in [0.15, 0.2) is 16.9 Å². The van der Waals surface area contributed by atoms with Gasteiger partial charge in [0.15, 0.2) is 0 Å². The summed E-state index contributed by atoms with van der Waals surface area (Å²) in [4.78, 5) is 20.3. The van der Waals surface area contributed by atoms with E-state index in [1.54, 1.807) is 12.4 Å². The maximum Gasteiger partial charge on any atom is 0.291 e. The summed E-state index contributed by atoms with van der Waals surface area (Å²) in [6.45, 7) is 1.34. The largest absolute Gasteiger partial charge is 0.348 e. The monoisotopic (exact) mass is 416 g/mol. The van der Waals surface area contributed by atoms with Crippen molar-refractivity contribution in [1.82, 2.24) is 30.2 Å². The third kappa shape index (κ3) is 5.12. The zero-order valence-corrected chi connectivity index (χ0v) is 15.8. The first kappa shape index (κ1) is 19.1.